The number of hydrogen-bond acceptors (Lipinski definition) is 3. The molecule has 0 amide bonds. The lowest BCUT2D eigenvalue weighted by Gasteiger charge is -2.12. The van der Waals surface area contributed by atoms with Crippen LogP contribution >= 0.6 is 34.8 Å². The average Bonchev–Trinajstić information content (AvgIpc) is 2.35. The van der Waals surface area contributed by atoms with Crippen LogP contribution in [0.1, 0.15) is 5.56 Å². The first-order chi connectivity index (χ1) is 9.70. The van der Waals surface area contributed by atoms with Crippen molar-refractivity contribution in [3.8, 4) is 0 Å². The van der Waals surface area contributed by atoms with E-state index < -0.39 is 10.0 Å². The number of sulfonamides is 1. The van der Waals surface area contributed by atoms with Crippen LogP contribution in [0.2, 0.25) is 15.1 Å². The van der Waals surface area contributed by atoms with Gasteiger partial charge in [-0.25, -0.2) is 8.42 Å². The number of hydrogen-bond donors (Lipinski definition) is 2. The van der Waals surface area contributed by atoms with Crippen molar-refractivity contribution in [3.63, 3.8) is 0 Å². The molecule has 0 saturated heterocycles. The summed E-state index contributed by atoms with van der Waals surface area (Å²) in [5, 5.41) is 0.997. The van der Waals surface area contributed by atoms with E-state index in [2.05, 4.69) is 4.72 Å². The molecule has 21 heavy (non-hydrogen) atoms. The number of aryl methyl sites for hydroxylation is 1. The lowest BCUT2D eigenvalue weighted by Crippen LogP contribution is -2.15. The molecule has 0 heterocycles. The largest absolute Gasteiger partial charge is 0.398 e. The maximum atomic E-state index is 12.3. The molecule has 0 atom stereocenters. The van der Waals surface area contributed by atoms with Crippen molar-refractivity contribution in [1.29, 1.82) is 0 Å². The molecule has 112 valence electrons. The Morgan fingerprint density at radius 3 is 2.33 bits per heavy atom. The van der Waals surface area contributed by atoms with Crippen LogP contribution in [0.25, 0.3) is 0 Å². The van der Waals surface area contributed by atoms with E-state index in [-0.39, 0.29) is 21.3 Å². The molecule has 0 bridgehead atoms. The third-order valence-electron chi connectivity index (χ3n) is 2.75. The maximum absolute atomic E-state index is 12.3. The zero-order chi connectivity index (χ0) is 15.8. The Bertz CT molecular complexity index is 807. The monoisotopic (exact) mass is 364 g/mol. The second-order valence-corrected chi connectivity index (χ2v) is 7.27. The molecule has 8 heteroatoms. The van der Waals surface area contributed by atoms with E-state index in [0.717, 1.165) is 5.56 Å². The summed E-state index contributed by atoms with van der Waals surface area (Å²) < 4.78 is 27.1. The number of benzene rings is 2. The molecule has 2 aromatic rings. The van der Waals surface area contributed by atoms with Gasteiger partial charge in [-0.2, -0.15) is 0 Å². The third kappa shape index (κ3) is 3.55. The van der Waals surface area contributed by atoms with Gasteiger partial charge in [-0.15, -0.1) is 0 Å². The van der Waals surface area contributed by atoms with Crippen LogP contribution in [0.5, 0.6) is 0 Å². The number of anilines is 2. The molecule has 4 nitrogen and oxygen atoms in total. The molecule has 2 aromatic carbocycles. The van der Waals surface area contributed by atoms with Gasteiger partial charge in [0.05, 0.1) is 16.4 Å². The number of nitrogens with two attached hydrogens (primary N) is 1. The normalized spacial score (nSPS) is 11.4. The van der Waals surface area contributed by atoms with E-state index >= 15 is 0 Å². The Labute approximate surface area is 137 Å². The fraction of sp³-hybridized carbons (Fsp3) is 0.0769. The zero-order valence-electron chi connectivity index (χ0n) is 10.8. The first-order valence-electron chi connectivity index (χ1n) is 5.74. The van der Waals surface area contributed by atoms with Gasteiger partial charge in [0, 0.05) is 10.0 Å². The molecule has 0 aliphatic rings. The number of rotatable bonds is 3. The van der Waals surface area contributed by atoms with Gasteiger partial charge in [0.25, 0.3) is 10.0 Å². The quantitative estimate of drug-likeness (QED) is 0.795. The van der Waals surface area contributed by atoms with Crippen LogP contribution in [0.4, 0.5) is 11.4 Å². The van der Waals surface area contributed by atoms with Gasteiger partial charge in [-0.1, -0.05) is 34.8 Å². The summed E-state index contributed by atoms with van der Waals surface area (Å²) in [4.78, 5) is -0.0836. The van der Waals surface area contributed by atoms with E-state index in [9.17, 15) is 8.42 Å². The Morgan fingerprint density at radius 2 is 1.71 bits per heavy atom. The number of nitrogen functional groups attached to an aromatic ring is 1. The minimum absolute atomic E-state index is 0.0457. The van der Waals surface area contributed by atoms with Gasteiger partial charge in [-0.3, -0.25) is 4.72 Å². The molecule has 0 spiro atoms. The summed E-state index contributed by atoms with van der Waals surface area (Å²) in [6.07, 6.45) is 0. The van der Waals surface area contributed by atoms with Gasteiger partial charge in [0.15, 0.2) is 0 Å². The molecule has 0 aliphatic carbocycles. The van der Waals surface area contributed by atoms with Crippen molar-refractivity contribution in [2.75, 3.05) is 10.5 Å². The molecular formula is C13H11Cl3N2O2S. The third-order valence-corrected chi connectivity index (χ3v) is 5.15. The highest BCUT2D eigenvalue weighted by molar-refractivity contribution is 7.92. The molecule has 0 aromatic heterocycles. The van der Waals surface area contributed by atoms with E-state index in [0.29, 0.717) is 10.0 Å². The van der Waals surface area contributed by atoms with Gasteiger partial charge in [0.2, 0.25) is 0 Å². The highest BCUT2D eigenvalue weighted by Gasteiger charge is 2.19. The Kier molecular flexibility index (Phi) is 4.58. The number of halogens is 3. The molecule has 0 aliphatic heterocycles. The van der Waals surface area contributed by atoms with Crippen molar-refractivity contribution in [3.05, 3.63) is 51.0 Å². The van der Waals surface area contributed by atoms with Crippen LogP contribution in [0.15, 0.2) is 35.2 Å². The summed E-state index contributed by atoms with van der Waals surface area (Å²) in [5.41, 5.74) is 6.66. The van der Waals surface area contributed by atoms with E-state index in [1.165, 1.54) is 24.3 Å². The summed E-state index contributed by atoms with van der Waals surface area (Å²) in [7, 11) is -3.89. The molecule has 0 unspecified atom stereocenters. The van der Waals surface area contributed by atoms with Crippen molar-refractivity contribution in [2.24, 2.45) is 0 Å². The fourth-order valence-corrected chi connectivity index (χ4v) is 3.54. The first kappa shape index (κ1) is 16.2. The predicted molar refractivity (Wildman–Crippen MR) is 87.9 cm³/mol. The first-order valence-corrected chi connectivity index (χ1v) is 8.36. The van der Waals surface area contributed by atoms with Crippen LogP contribution in [-0.4, -0.2) is 8.42 Å². The Balaban J connectivity index is 2.45. The summed E-state index contributed by atoms with van der Waals surface area (Å²) in [5.74, 6) is 0. The van der Waals surface area contributed by atoms with Gasteiger partial charge in [0.1, 0.15) is 4.90 Å². The molecular weight excluding hydrogens is 355 g/mol. The van der Waals surface area contributed by atoms with E-state index in [1.807, 2.05) is 0 Å². The minimum Gasteiger partial charge on any atom is -0.398 e. The highest BCUT2D eigenvalue weighted by Crippen LogP contribution is 2.31. The van der Waals surface area contributed by atoms with Crippen LogP contribution in [-0.2, 0) is 10.0 Å². The molecule has 2 rings (SSSR count). The van der Waals surface area contributed by atoms with Crippen LogP contribution < -0.4 is 10.5 Å². The molecule has 0 saturated carbocycles. The zero-order valence-corrected chi connectivity index (χ0v) is 13.9. The lowest BCUT2D eigenvalue weighted by molar-refractivity contribution is 0.601. The standard InChI is InChI=1S/C13H11Cl3N2O2S/c1-7-4-10(16)12(6-9(7)15)18-21(19,20)13-3-2-8(14)5-11(13)17/h2-6,18H,17H2,1H3. The SMILES string of the molecule is Cc1cc(Cl)c(NS(=O)(=O)c2ccc(Cl)cc2N)cc1Cl. The summed E-state index contributed by atoms with van der Waals surface area (Å²) >= 11 is 17.8. The highest BCUT2D eigenvalue weighted by atomic mass is 35.5. The predicted octanol–water partition coefficient (Wildman–Crippen LogP) is 4.34. The van der Waals surface area contributed by atoms with Crippen LogP contribution in [0.3, 0.4) is 0 Å². The van der Waals surface area contributed by atoms with Gasteiger partial charge >= 0.3 is 0 Å². The summed E-state index contributed by atoms with van der Waals surface area (Å²) in [6, 6.07) is 7.15. The molecule has 0 fully saturated rings. The Hall–Kier alpha value is -1.14. The minimum atomic E-state index is -3.89. The Morgan fingerprint density at radius 1 is 1.05 bits per heavy atom. The number of nitrogens with one attached hydrogen (secondary N) is 1. The average molecular weight is 366 g/mol. The smallest absolute Gasteiger partial charge is 0.263 e. The van der Waals surface area contributed by atoms with Crippen molar-refractivity contribution < 1.29 is 8.42 Å². The van der Waals surface area contributed by atoms with E-state index in [1.54, 1.807) is 13.0 Å². The second-order valence-electron chi connectivity index (χ2n) is 4.37. The second kappa shape index (κ2) is 5.93. The van der Waals surface area contributed by atoms with E-state index in [4.69, 9.17) is 40.5 Å². The van der Waals surface area contributed by atoms with Gasteiger partial charge in [-0.05, 0) is 42.8 Å². The maximum Gasteiger partial charge on any atom is 0.263 e. The van der Waals surface area contributed by atoms with Crippen molar-refractivity contribution in [1.82, 2.24) is 0 Å². The fourth-order valence-electron chi connectivity index (χ4n) is 1.69. The van der Waals surface area contributed by atoms with Crippen LogP contribution in [0, 0.1) is 6.92 Å². The summed E-state index contributed by atoms with van der Waals surface area (Å²) in [6.45, 7) is 1.77. The van der Waals surface area contributed by atoms with Crippen molar-refractivity contribution >= 4 is 56.2 Å². The lowest BCUT2D eigenvalue weighted by atomic mass is 10.2. The van der Waals surface area contributed by atoms with Gasteiger partial charge < -0.3 is 5.73 Å². The topological polar surface area (TPSA) is 72.2 Å². The molecule has 0 radical (unpaired) electrons. The van der Waals surface area contributed by atoms with Crippen molar-refractivity contribution in [2.45, 2.75) is 11.8 Å². The molecule has 3 N–H and O–H groups in total.